The highest BCUT2D eigenvalue weighted by molar-refractivity contribution is 7.92. The van der Waals surface area contributed by atoms with E-state index in [9.17, 15) is 13.2 Å². The van der Waals surface area contributed by atoms with Gasteiger partial charge in [0.2, 0.25) is 0 Å². The van der Waals surface area contributed by atoms with Crippen LogP contribution >= 0.6 is 0 Å². The molecule has 8 nitrogen and oxygen atoms in total. The van der Waals surface area contributed by atoms with Crippen LogP contribution in [0.2, 0.25) is 0 Å². The van der Waals surface area contributed by atoms with E-state index in [-0.39, 0.29) is 24.3 Å². The van der Waals surface area contributed by atoms with Gasteiger partial charge in [0, 0.05) is 24.7 Å². The molecule has 0 aliphatic carbocycles. The maximum atomic E-state index is 13.7. The summed E-state index contributed by atoms with van der Waals surface area (Å²) >= 11 is 0. The van der Waals surface area contributed by atoms with E-state index in [1.807, 2.05) is 46.0 Å². The third kappa shape index (κ3) is 4.32. The normalized spacial score (nSPS) is 15.8. The maximum Gasteiger partial charge on any atom is 0.303 e. The van der Waals surface area contributed by atoms with E-state index in [1.54, 1.807) is 28.9 Å². The van der Waals surface area contributed by atoms with Crippen LogP contribution in [0.4, 0.5) is 5.69 Å². The minimum atomic E-state index is -3.90. The van der Waals surface area contributed by atoms with Crippen LogP contribution in [0.5, 0.6) is 5.75 Å². The molecule has 1 N–H and O–H groups in total. The molecule has 1 aliphatic rings. The topological polar surface area (TPSA) is 102 Å². The van der Waals surface area contributed by atoms with Crippen molar-refractivity contribution in [2.45, 2.75) is 44.6 Å². The van der Waals surface area contributed by atoms with Crippen LogP contribution in [0.1, 0.15) is 29.8 Å². The molecule has 1 aromatic heterocycles. The molecule has 0 unspecified atom stereocenters. The molecule has 1 atom stereocenters. The van der Waals surface area contributed by atoms with Gasteiger partial charge >= 0.3 is 5.97 Å². The van der Waals surface area contributed by atoms with Crippen molar-refractivity contribution < 1.29 is 23.1 Å². The van der Waals surface area contributed by atoms with E-state index in [0.717, 1.165) is 28.1 Å². The molecule has 1 aliphatic heterocycles. The fraction of sp³-hybridized carbons (Fsp3) is 0.333. The zero-order valence-corrected chi connectivity index (χ0v) is 19.9. The fourth-order valence-corrected chi connectivity index (χ4v) is 5.83. The lowest BCUT2D eigenvalue weighted by atomic mass is 10.0. The van der Waals surface area contributed by atoms with Gasteiger partial charge in [-0.1, -0.05) is 18.2 Å². The highest BCUT2D eigenvalue weighted by Crippen LogP contribution is 2.41. The number of hydrogen-bond acceptors (Lipinski definition) is 5. The first kappa shape index (κ1) is 22.8. The molecule has 0 radical (unpaired) electrons. The Kier molecular flexibility index (Phi) is 5.92. The molecule has 4 rings (SSSR count). The predicted molar refractivity (Wildman–Crippen MR) is 125 cm³/mol. The molecule has 2 heterocycles. The first-order valence-corrected chi connectivity index (χ1v) is 12.1. The van der Waals surface area contributed by atoms with E-state index < -0.39 is 22.1 Å². The summed E-state index contributed by atoms with van der Waals surface area (Å²) in [7, 11) is -2.03. The number of rotatable bonds is 6. The summed E-state index contributed by atoms with van der Waals surface area (Å²) in [5.74, 6) is -0.536. The number of fused-ring (bicyclic) bond motifs is 1. The summed E-state index contributed by atoms with van der Waals surface area (Å²) in [6.45, 7) is 5.76. The number of aryl methyl sites for hydroxylation is 3. The van der Waals surface area contributed by atoms with Crippen molar-refractivity contribution >= 4 is 21.7 Å². The van der Waals surface area contributed by atoms with Gasteiger partial charge in [-0.25, -0.2) is 8.42 Å². The van der Waals surface area contributed by atoms with Crippen LogP contribution < -0.4 is 9.04 Å². The average Bonchev–Trinajstić information content (AvgIpc) is 3.02. The molecule has 174 valence electrons. The van der Waals surface area contributed by atoms with E-state index in [0.29, 0.717) is 11.4 Å². The first-order valence-electron chi connectivity index (χ1n) is 10.7. The number of carboxylic acid groups (broad SMARTS) is 1. The van der Waals surface area contributed by atoms with Crippen molar-refractivity contribution in [1.82, 2.24) is 9.78 Å². The van der Waals surface area contributed by atoms with Gasteiger partial charge in [0.25, 0.3) is 10.0 Å². The summed E-state index contributed by atoms with van der Waals surface area (Å²) in [6.07, 6.45) is -0.470. The van der Waals surface area contributed by atoms with Crippen LogP contribution in [0.25, 0.3) is 11.1 Å². The highest BCUT2D eigenvalue weighted by atomic mass is 32.2. The Balaban J connectivity index is 1.83. The zero-order valence-electron chi connectivity index (χ0n) is 19.1. The quantitative estimate of drug-likeness (QED) is 0.589. The predicted octanol–water partition coefficient (Wildman–Crippen LogP) is 3.83. The number of anilines is 1. The van der Waals surface area contributed by atoms with E-state index in [4.69, 9.17) is 9.84 Å². The van der Waals surface area contributed by atoms with Crippen molar-refractivity contribution in [2.75, 3.05) is 10.8 Å². The lowest BCUT2D eigenvalue weighted by Gasteiger charge is -2.35. The van der Waals surface area contributed by atoms with Crippen LogP contribution in [0, 0.1) is 20.8 Å². The number of aromatic nitrogens is 2. The Morgan fingerprint density at radius 3 is 2.58 bits per heavy atom. The fourth-order valence-electron chi connectivity index (χ4n) is 4.22. The van der Waals surface area contributed by atoms with Gasteiger partial charge in [-0.15, -0.1) is 0 Å². The van der Waals surface area contributed by atoms with Gasteiger partial charge in [0.15, 0.2) is 0 Å². The van der Waals surface area contributed by atoms with Crippen molar-refractivity contribution in [3.05, 3.63) is 59.4 Å². The average molecular weight is 470 g/mol. The molecule has 0 bridgehead atoms. The van der Waals surface area contributed by atoms with E-state index in [1.165, 1.54) is 4.31 Å². The van der Waals surface area contributed by atoms with Crippen LogP contribution in [-0.2, 0) is 21.9 Å². The molecular weight excluding hydrogens is 442 g/mol. The second-order valence-corrected chi connectivity index (χ2v) is 10.2. The van der Waals surface area contributed by atoms with Gasteiger partial charge in [-0.3, -0.25) is 13.8 Å². The summed E-state index contributed by atoms with van der Waals surface area (Å²) < 4.78 is 36.6. The molecule has 2 aromatic carbocycles. The van der Waals surface area contributed by atoms with Crippen LogP contribution in [0.15, 0.2) is 47.4 Å². The van der Waals surface area contributed by atoms with Crippen molar-refractivity contribution in [2.24, 2.45) is 7.05 Å². The molecule has 3 aromatic rings. The van der Waals surface area contributed by atoms with Crippen molar-refractivity contribution in [3.63, 3.8) is 0 Å². The molecule has 0 amide bonds. The standard InChI is InChI=1S/C24H27N3O5S/c1-15-6-5-7-20(12-15)33(30,31)27-14-19(9-11-23(28)29)32-22-10-8-18(13-21(22)27)24-16(2)25-26(4)17(24)3/h5-8,10,12-13,19H,9,11,14H2,1-4H3,(H,28,29)/t19-/m0/s1. The SMILES string of the molecule is Cc1cccc(S(=O)(=O)N2C[C@H](CCC(=O)O)Oc3ccc(-c4c(C)nn(C)c4C)cc32)c1. The van der Waals surface area contributed by atoms with Gasteiger partial charge in [0.1, 0.15) is 11.9 Å². The Hall–Kier alpha value is -3.33. The Bertz CT molecular complexity index is 1330. The second-order valence-electron chi connectivity index (χ2n) is 8.38. The number of aliphatic carboxylic acids is 1. The molecule has 0 fully saturated rings. The molecule has 9 heteroatoms. The van der Waals surface area contributed by atoms with E-state index in [2.05, 4.69) is 5.10 Å². The largest absolute Gasteiger partial charge is 0.486 e. The minimum Gasteiger partial charge on any atom is -0.486 e. The maximum absolute atomic E-state index is 13.7. The Morgan fingerprint density at radius 1 is 1.18 bits per heavy atom. The lowest BCUT2D eigenvalue weighted by molar-refractivity contribution is -0.137. The number of ether oxygens (including phenoxy) is 1. The molecule has 0 spiro atoms. The van der Waals surface area contributed by atoms with Crippen LogP contribution in [0.3, 0.4) is 0 Å². The summed E-state index contributed by atoms with van der Waals surface area (Å²) in [6, 6.07) is 12.2. The first-order chi connectivity index (χ1) is 15.6. The number of carbonyl (C=O) groups is 1. The van der Waals surface area contributed by atoms with E-state index >= 15 is 0 Å². The number of nitrogens with zero attached hydrogens (tertiary/aromatic N) is 3. The Morgan fingerprint density at radius 2 is 1.94 bits per heavy atom. The minimum absolute atomic E-state index is 0.0328. The summed E-state index contributed by atoms with van der Waals surface area (Å²) in [5, 5.41) is 13.6. The third-order valence-electron chi connectivity index (χ3n) is 5.95. The molecule has 0 saturated heterocycles. The highest BCUT2D eigenvalue weighted by Gasteiger charge is 2.35. The number of carboxylic acids is 1. The Labute approximate surface area is 193 Å². The summed E-state index contributed by atoms with van der Waals surface area (Å²) in [4.78, 5) is 11.3. The third-order valence-corrected chi connectivity index (χ3v) is 7.72. The summed E-state index contributed by atoms with van der Waals surface area (Å²) in [5.41, 5.74) is 4.87. The molecule has 33 heavy (non-hydrogen) atoms. The zero-order chi connectivity index (χ0) is 23.9. The van der Waals surface area contributed by atoms with Crippen LogP contribution in [-0.4, -0.2) is 41.9 Å². The number of benzene rings is 2. The molecular formula is C24H27N3O5S. The van der Waals surface area contributed by atoms with Gasteiger partial charge in [0.05, 0.1) is 22.8 Å². The van der Waals surface area contributed by atoms with Crippen molar-refractivity contribution in [3.8, 4) is 16.9 Å². The van der Waals surface area contributed by atoms with Gasteiger partial charge < -0.3 is 9.84 Å². The number of hydrogen-bond donors (Lipinski definition) is 1. The van der Waals surface area contributed by atoms with Gasteiger partial charge in [-0.2, -0.15) is 5.10 Å². The number of sulfonamides is 1. The second kappa shape index (κ2) is 8.55. The lowest BCUT2D eigenvalue weighted by Crippen LogP contribution is -2.43. The molecule has 0 saturated carbocycles. The monoisotopic (exact) mass is 469 g/mol. The van der Waals surface area contributed by atoms with Crippen molar-refractivity contribution in [1.29, 1.82) is 0 Å². The van der Waals surface area contributed by atoms with Gasteiger partial charge in [-0.05, 0) is 62.6 Å². The smallest absolute Gasteiger partial charge is 0.303 e.